The number of Topliss-reactive ketones (excluding diaryl/α,β-unsaturated/α-hetero) is 1. The maximum Gasteiger partial charge on any atom is 0.174 e. The Balaban J connectivity index is 1.81. The van der Waals surface area contributed by atoms with Crippen LogP contribution in [0.25, 0.3) is 0 Å². The first-order valence-corrected chi connectivity index (χ1v) is 6.66. The fourth-order valence-corrected chi connectivity index (χ4v) is 1.92. The molecule has 3 heteroatoms. The van der Waals surface area contributed by atoms with Crippen LogP contribution in [0.5, 0.6) is 5.75 Å². The molecule has 0 aliphatic rings. The van der Waals surface area contributed by atoms with Crippen LogP contribution < -0.4 is 4.74 Å². The van der Waals surface area contributed by atoms with Gasteiger partial charge >= 0.3 is 0 Å². The van der Waals surface area contributed by atoms with E-state index in [0.717, 1.165) is 11.1 Å². The summed E-state index contributed by atoms with van der Waals surface area (Å²) in [7, 11) is 0. The van der Waals surface area contributed by atoms with Gasteiger partial charge in [-0.2, -0.15) is 0 Å². The minimum Gasteiger partial charge on any atom is -0.486 e. The number of carbonyl (C=O) groups is 1. The molecule has 0 aromatic heterocycles. The van der Waals surface area contributed by atoms with Crippen LogP contribution in [0, 0.1) is 0 Å². The molecule has 0 radical (unpaired) electrons. The van der Waals surface area contributed by atoms with E-state index in [1.54, 1.807) is 0 Å². The van der Waals surface area contributed by atoms with Crippen LogP contribution in [0.1, 0.15) is 11.1 Å². The first-order chi connectivity index (χ1) is 9.78. The molecular formula is C17H18O3. The van der Waals surface area contributed by atoms with Gasteiger partial charge in [0.05, 0.1) is 0 Å². The smallest absolute Gasteiger partial charge is 0.174 e. The number of hydrogen-bond donors (Lipinski definition) is 1. The van der Waals surface area contributed by atoms with E-state index in [-0.39, 0.29) is 19.0 Å². The van der Waals surface area contributed by atoms with E-state index in [0.29, 0.717) is 18.6 Å². The molecule has 2 rings (SSSR count). The van der Waals surface area contributed by atoms with Gasteiger partial charge in [0.15, 0.2) is 5.78 Å². The minimum atomic E-state index is 0.0515. The van der Waals surface area contributed by atoms with Crippen molar-refractivity contribution in [2.24, 2.45) is 0 Å². The zero-order valence-corrected chi connectivity index (χ0v) is 11.3. The van der Waals surface area contributed by atoms with Gasteiger partial charge < -0.3 is 9.84 Å². The molecule has 0 saturated carbocycles. The van der Waals surface area contributed by atoms with Crippen LogP contribution in [0.3, 0.4) is 0 Å². The summed E-state index contributed by atoms with van der Waals surface area (Å²) in [6.45, 7) is 0.212. The fourth-order valence-electron chi connectivity index (χ4n) is 1.92. The lowest BCUT2D eigenvalue weighted by Crippen LogP contribution is -2.13. The predicted molar refractivity (Wildman–Crippen MR) is 77.9 cm³/mol. The van der Waals surface area contributed by atoms with Crippen LogP contribution in [0.15, 0.2) is 54.6 Å². The van der Waals surface area contributed by atoms with Crippen LogP contribution in [0.2, 0.25) is 0 Å². The normalized spacial score (nSPS) is 10.2. The zero-order chi connectivity index (χ0) is 14.2. The first-order valence-electron chi connectivity index (χ1n) is 6.66. The number of carbonyl (C=O) groups excluding carboxylic acids is 1. The number of ketones is 1. The quantitative estimate of drug-likeness (QED) is 0.840. The Morgan fingerprint density at radius 2 is 1.65 bits per heavy atom. The van der Waals surface area contributed by atoms with Gasteiger partial charge in [-0.15, -0.1) is 0 Å². The average molecular weight is 270 g/mol. The Morgan fingerprint density at radius 1 is 0.950 bits per heavy atom. The number of rotatable bonds is 7. The highest BCUT2D eigenvalue weighted by atomic mass is 16.5. The molecule has 0 atom stereocenters. The molecule has 2 aromatic rings. The van der Waals surface area contributed by atoms with E-state index in [2.05, 4.69) is 0 Å². The second kappa shape index (κ2) is 7.46. The van der Waals surface area contributed by atoms with E-state index in [9.17, 15) is 4.79 Å². The van der Waals surface area contributed by atoms with Crippen molar-refractivity contribution < 1.29 is 14.6 Å². The van der Waals surface area contributed by atoms with E-state index >= 15 is 0 Å². The lowest BCUT2D eigenvalue weighted by atomic mass is 10.1. The van der Waals surface area contributed by atoms with E-state index < -0.39 is 0 Å². The van der Waals surface area contributed by atoms with Crippen molar-refractivity contribution in [3.05, 3.63) is 65.7 Å². The highest BCUT2D eigenvalue weighted by Crippen LogP contribution is 2.12. The molecule has 0 aliphatic carbocycles. The summed E-state index contributed by atoms with van der Waals surface area (Å²) in [4.78, 5) is 11.8. The summed E-state index contributed by atoms with van der Waals surface area (Å²) in [5.74, 6) is 0.726. The first kappa shape index (κ1) is 14.3. The van der Waals surface area contributed by atoms with Gasteiger partial charge in [0, 0.05) is 13.0 Å². The molecule has 0 amide bonds. The Bertz CT molecular complexity index is 532. The second-order valence-electron chi connectivity index (χ2n) is 4.61. The molecule has 0 bridgehead atoms. The lowest BCUT2D eigenvalue weighted by molar-refractivity contribution is -0.120. The van der Waals surface area contributed by atoms with Gasteiger partial charge in [0.25, 0.3) is 0 Å². The Labute approximate surface area is 118 Å². The summed E-state index contributed by atoms with van der Waals surface area (Å²) in [5, 5.41) is 8.83. The number of aliphatic hydroxyl groups excluding tert-OH is 1. The molecule has 104 valence electrons. The van der Waals surface area contributed by atoms with Crippen molar-refractivity contribution in [2.75, 3.05) is 13.2 Å². The molecule has 0 saturated heterocycles. The summed E-state index contributed by atoms with van der Waals surface area (Å²) in [5.41, 5.74) is 2.05. The van der Waals surface area contributed by atoms with Crippen LogP contribution in [-0.2, 0) is 17.6 Å². The SMILES string of the molecule is O=C(COc1ccc(CCO)cc1)Cc1ccccc1. The maximum atomic E-state index is 11.8. The molecule has 0 heterocycles. The standard InChI is InChI=1S/C17H18O3/c18-11-10-14-6-8-17(9-7-14)20-13-16(19)12-15-4-2-1-3-5-15/h1-9,18H,10-13H2. The predicted octanol–water partition coefficient (Wildman–Crippen LogP) is 2.41. The third-order valence-electron chi connectivity index (χ3n) is 2.97. The van der Waals surface area contributed by atoms with Crippen molar-refractivity contribution >= 4 is 5.78 Å². The van der Waals surface area contributed by atoms with E-state index in [1.807, 2.05) is 54.6 Å². The molecular weight excluding hydrogens is 252 g/mol. The molecule has 0 fully saturated rings. The third kappa shape index (κ3) is 4.52. The highest BCUT2D eigenvalue weighted by molar-refractivity contribution is 5.82. The Kier molecular flexibility index (Phi) is 5.33. The van der Waals surface area contributed by atoms with Crippen LogP contribution in [-0.4, -0.2) is 24.1 Å². The molecule has 0 aliphatic heterocycles. The maximum absolute atomic E-state index is 11.8. The number of hydrogen-bond acceptors (Lipinski definition) is 3. The van der Waals surface area contributed by atoms with Gasteiger partial charge in [0.1, 0.15) is 12.4 Å². The molecule has 3 nitrogen and oxygen atoms in total. The number of benzene rings is 2. The summed E-state index contributed by atoms with van der Waals surface area (Å²) in [6, 6.07) is 17.1. The Hall–Kier alpha value is -2.13. The van der Waals surface area contributed by atoms with Gasteiger partial charge in [0.2, 0.25) is 0 Å². The summed E-state index contributed by atoms with van der Waals surface area (Å²) in [6.07, 6.45) is 1.02. The van der Waals surface area contributed by atoms with Crippen LogP contribution >= 0.6 is 0 Å². The molecule has 2 aromatic carbocycles. The summed E-state index contributed by atoms with van der Waals surface area (Å²) < 4.78 is 5.46. The van der Waals surface area contributed by atoms with Gasteiger partial charge in [-0.1, -0.05) is 42.5 Å². The van der Waals surface area contributed by atoms with Crippen molar-refractivity contribution in [2.45, 2.75) is 12.8 Å². The van der Waals surface area contributed by atoms with E-state index in [4.69, 9.17) is 9.84 Å². The van der Waals surface area contributed by atoms with Crippen molar-refractivity contribution in [1.29, 1.82) is 0 Å². The van der Waals surface area contributed by atoms with Gasteiger partial charge in [-0.25, -0.2) is 0 Å². The molecule has 0 unspecified atom stereocenters. The topological polar surface area (TPSA) is 46.5 Å². The highest BCUT2D eigenvalue weighted by Gasteiger charge is 2.04. The molecule has 0 spiro atoms. The monoisotopic (exact) mass is 270 g/mol. The minimum absolute atomic E-state index is 0.0515. The van der Waals surface area contributed by atoms with Gasteiger partial charge in [-0.3, -0.25) is 4.79 Å². The molecule has 20 heavy (non-hydrogen) atoms. The zero-order valence-electron chi connectivity index (χ0n) is 11.3. The van der Waals surface area contributed by atoms with Crippen LogP contribution in [0.4, 0.5) is 0 Å². The fraction of sp³-hybridized carbons (Fsp3) is 0.235. The number of aliphatic hydroxyl groups is 1. The van der Waals surface area contributed by atoms with E-state index in [1.165, 1.54) is 0 Å². The van der Waals surface area contributed by atoms with Crippen molar-refractivity contribution in [3.63, 3.8) is 0 Å². The average Bonchev–Trinajstić information content (AvgIpc) is 2.48. The third-order valence-corrected chi connectivity index (χ3v) is 2.97. The van der Waals surface area contributed by atoms with Gasteiger partial charge in [-0.05, 0) is 29.7 Å². The molecule has 1 N–H and O–H groups in total. The lowest BCUT2D eigenvalue weighted by Gasteiger charge is -2.06. The van der Waals surface area contributed by atoms with Crippen molar-refractivity contribution in [3.8, 4) is 5.75 Å². The Morgan fingerprint density at radius 3 is 2.30 bits per heavy atom. The number of ether oxygens (including phenoxy) is 1. The summed E-state index contributed by atoms with van der Waals surface area (Å²) >= 11 is 0. The largest absolute Gasteiger partial charge is 0.486 e. The van der Waals surface area contributed by atoms with Crippen molar-refractivity contribution in [1.82, 2.24) is 0 Å². The second-order valence-corrected chi connectivity index (χ2v) is 4.61.